The smallest absolute Gasteiger partial charge is 0.387 e. The molecule has 1 saturated heterocycles. The number of phosphoric ester groups is 1. The zero-order valence-electron chi connectivity index (χ0n) is 15.9. The van der Waals surface area contributed by atoms with E-state index in [2.05, 4.69) is 13.1 Å². The SMILES string of the molecule is C/C=C/c1cn([C@@H]2O[C@H](COP(=O)(O)OP(=O)(O)OP(=O)(O)O)[C@@H](O)[C@@H]2O)c(=O)[nH]c1=O. The van der Waals surface area contributed by atoms with Gasteiger partial charge < -0.3 is 34.5 Å². The zero-order chi connectivity index (χ0) is 24.5. The monoisotopic (exact) mass is 524 g/mol. The van der Waals surface area contributed by atoms with E-state index in [0.29, 0.717) is 0 Å². The molecule has 1 aromatic rings. The van der Waals surface area contributed by atoms with E-state index in [-0.39, 0.29) is 5.56 Å². The first-order chi connectivity index (χ1) is 14.6. The topological polar surface area (TPSA) is 264 Å². The summed E-state index contributed by atoms with van der Waals surface area (Å²) in [6.07, 6.45) is -2.89. The molecule has 20 heteroatoms. The molecule has 0 radical (unpaired) electrons. The van der Waals surface area contributed by atoms with E-state index in [1.54, 1.807) is 6.92 Å². The van der Waals surface area contributed by atoms with Gasteiger partial charge in [-0.15, -0.1) is 0 Å². The number of phosphoric acid groups is 3. The van der Waals surface area contributed by atoms with Crippen LogP contribution in [0.5, 0.6) is 0 Å². The summed E-state index contributed by atoms with van der Waals surface area (Å²) >= 11 is 0. The van der Waals surface area contributed by atoms with Gasteiger partial charge in [-0.3, -0.25) is 18.9 Å². The van der Waals surface area contributed by atoms with Crippen LogP contribution in [0.15, 0.2) is 21.9 Å². The van der Waals surface area contributed by atoms with Crippen LogP contribution in [0.2, 0.25) is 0 Å². The van der Waals surface area contributed by atoms with Crippen LogP contribution in [0.3, 0.4) is 0 Å². The van der Waals surface area contributed by atoms with Crippen molar-refractivity contribution < 1.29 is 61.4 Å². The number of hydrogen-bond donors (Lipinski definition) is 7. The number of aromatic nitrogens is 2. The molecule has 1 fully saturated rings. The van der Waals surface area contributed by atoms with Crippen molar-refractivity contribution in [2.75, 3.05) is 6.61 Å². The first kappa shape index (κ1) is 27.0. The number of aliphatic hydroxyl groups is 2. The number of aromatic amines is 1. The van der Waals surface area contributed by atoms with Crippen molar-refractivity contribution in [2.24, 2.45) is 0 Å². The highest BCUT2D eigenvalue weighted by Crippen LogP contribution is 2.66. The fourth-order valence-electron chi connectivity index (χ4n) is 2.56. The zero-order valence-corrected chi connectivity index (χ0v) is 18.6. The molecule has 17 nitrogen and oxygen atoms in total. The summed E-state index contributed by atoms with van der Waals surface area (Å²) in [5.41, 5.74) is -1.73. The number of nitrogens with zero attached hydrogens (tertiary/aromatic N) is 1. The van der Waals surface area contributed by atoms with Gasteiger partial charge in [0.2, 0.25) is 0 Å². The van der Waals surface area contributed by atoms with Gasteiger partial charge in [-0.1, -0.05) is 12.2 Å². The van der Waals surface area contributed by atoms with Gasteiger partial charge in [-0.2, -0.15) is 8.62 Å². The van der Waals surface area contributed by atoms with Gasteiger partial charge in [0.05, 0.1) is 12.2 Å². The summed E-state index contributed by atoms with van der Waals surface area (Å²) < 4.78 is 51.1. The first-order valence-electron chi connectivity index (χ1n) is 8.33. The van der Waals surface area contributed by atoms with Crippen LogP contribution in [0, 0.1) is 0 Å². The van der Waals surface area contributed by atoms with E-state index in [4.69, 9.17) is 19.4 Å². The van der Waals surface area contributed by atoms with Gasteiger partial charge in [0.1, 0.15) is 18.3 Å². The van der Waals surface area contributed by atoms with E-state index >= 15 is 0 Å². The highest BCUT2D eigenvalue weighted by Gasteiger charge is 2.46. The highest BCUT2D eigenvalue weighted by atomic mass is 31.3. The lowest BCUT2D eigenvalue weighted by Gasteiger charge is -2.19. The van der Waals surface area contributed by atoms with Crippen LogP contribution in [0.4, 0.5) is 0 Å². The maximum Gasteiger partial charge on any atom is 0.490 e. The number of allylic oxidation sites excluding steroid dienone is 1. The summed E-state index contributed by atoms with van der Waals surface area (Å²) in [5.74, 6) is 0. The molecule has 0 spiro atoms. The van der Waals surface area contributed by atoms with Gasteiger partial charge in [-0.05, 0) is 6.92 Å². The van der Waals surface area contributed by atoms with Crippen LogP contribution < -0.4 is 11.2 Å². The predicted molar refractivity (Wildman–Crippen MR) is 102 cm³/mol. The average Bonchev–Trinajstić information content (AvgIpc) is 2.87. The van der Waals surface area contributed by atoms with Crippen LogP contribution in [-0.2, 0) is 31.6 Å². The third kappa shape index (κ3) is 7.10. The Kier molecular flexibility index (Phi) is 8.35. The number of hydrogen-bond acceptors (Lipinski definition) is 11. The van der Waals surface area contributed by atoms with Crippen molar-refractivity contribution in [2.45, 2.75) is 31.5 Å². The lowest BCUT2D eigenvalue weighted by Crippen LogP contribution is -2.38. The molecule has 2 heterocycles. The summed E-state index contributed by atoms with van der Waals surface area (Å²) in [6.45, 7) is 0.538. The molecule has 6 atom stereocenters. The molecule has 1 aliphatic rings. The predicted octanol–water partition coefficient (Wildman–Crippen LogP) is -1.47. The molecule has 2 unspecified atom stereocenters. The Hall–Kier alpha value is -1.29. The highest BCUT2D eigenvalue weighted by molar-refractivity contribution is 7.66. The summed E-state index contributed by atoms with van der Waals surface area (Å²) in [7, 11) is -16.8. The number of H-pyrrole nitrogens is 1. The van der Waals surface area contributed by atoms with Crippen molar-refractivity contribution in [3.05, 3.63) is 38.7 Å². The quantitative estimate of drug-likeness (QED) is 0.182. The lowest BCUT2D eigenvalue weighted by molar-refractivity contribution is -0.0542. The second-order valence-electron chi connectivity index (χ2n) is 6.18. The van der Waals surface area contributed by atoms with Crippen molar-refractivity contribution in [3.8, 4) is 0 Å². The molecule has 0 saturated carbocycles. The first-order valence-corrected chi connectivity index (χ1v) is 12.9. The van der Waals surface area contributed by atoms with Gasteiger partial charge >= 0.3 is 29.2 Å². The number of nitrogens with one attached hydrogen (secondary N) is 1. The maximum absolute atomic E-state index is 12.1. The Morgan fingerprint density at radius 3 is 2.28 bits per heavy atom. The molecular formula is C12H19N2O15P3. The van der Waals surface area contributed by atoms with Crippen LogP contribution in [-0.4, -0.2) is 64.3 Å². The Labute approximate surface area is 177 Å². The van der Waals surface area contributed by atoms with E-state index < -0.39 is 65.9 Å². The number of ether oxygens (including phenoxy) is 1. The van der Waals surface area contributed by atoms with E-state index in [9.17, 15) is 38.4 Å². The number of rotatable bonds is 9. The van der Waals surface area contributed by atoms with Gasteiger partial charge in [0, 0.05) is 6.20 Å². The minimum atomic E-state index is -5.75. The molecule has 2 rings (SSSR count). The summed E-state index contributed by atoms with van der Waals surface area (Å²) in [5, 5.41) is 20.3. The summed E-state index contributed by atoms with van der Waals surface area (Å²) in [6, 6.07) is 0. The van der Waals surface area contributed by atoms with Crippen LogP contribution in [0.1, 0.15) is 18.7 Å². The second kappa shape index (κ2) is 9.91. The van der Waals surface area contributed by atoms with E-state index in [1.165, 1.54) is 12.2 Å². The van der Waals surface area contributed by atoms with Crippen molar-refractivity contribution in [1.82, 2.24) is 9.55 Å². The maximum atomic E-state index is 12.1. The Morgan fingerprint density at radius 1 is 1.09 bits per heavy atom. The Bertz CT molecular complexity index is 1120. The summed E-state index contributed by atoms with van der Waals surface area (Å²) in [4.78, 5) is 61.3. The Morgan fingerprint density at radius 2 is 1.72 bits per heavy atom. The lowest BCUT2D eigenvalue weighted by atomic mass is 10.1. The minimum absolute atomic E-state index is 0.00843. The van der Waals surface area contributed by atoms with Crippen molar-refractivity contribution >= 4 is 29.5 Å². The van der Waals surface area contributed by atoms with Gasteiger partial charge in [0.25, 0.3) is 5.56 Å². The molecule has 0 aliphatic carbocycles. The molecule has 0 aromatic carbocycles. The van der Waals surface area contributed by atoms with Crippen LogP contribution >= 0.6 is 23.5 Å². The normalized spacial score (nSPS) is 28.0. The van der Waals surface area contributed by atoms with E-state index in [1.807, 2.05) is 4.98 Å². The second-order valence-corrected chi connectivity index (χ2v) is 10.6. The Balaban J connectivity index is 2.14. The van der Waals surface area contributed by atoms with Crippen molar-refractivity contribution in [1.29, 1.82) is 0 Å². The average molecular weight is 524 g/mol. The minimum Gasteiger partial charge on any atom is -0.387 e. The molecule has 7 N–H and O–H groups in total. The van der Waals surface area contributed by atoms with Gasteiger partial charge in [-0.25, -0.2) is 18.5 Å². The van der Waals surface area contributed by atoms with Crippen molar-refractivity contribution in [3.63, 3.8) is 0 Å². The molecule has 32 heavy (non-hydrogen) atoms. The fourth-order valence-corrected chi connectivity index (χ4v) is 5.59. The molecular weight excluding hydrogens is 505 g/mol. The molecule has 0 bridgehead atoms. The standard InChI is InChI=1S/C12H19N2O15P3/c1-2-3-6-4-14(12(18)13-10(6)17)11-9(16)8(15)7(27-11)5-26-31(22,23)29-32(24,25)28-30(19,20)21/h2-4,7-9,11,15-16H,5H2,1H3,(H,22,23)(H,24,25)(H,13,17,18)(H2,19,20,21)/b3-2+/t7-,8-,9+,11-/m1/s1. The van der Waals surface area contributed by atoms with Crippen LogP contribution in [0.25, 0.3) is 6.08 Å². The molecule has 1 aliphatic heterocycles. The fraction of sp³-hybridized carbons (Fsp3) is 0.500. The number of aliphatic hydroxyl groups excluding tert-OH is 2. The molecule has 1 aromatic heterocycles. The third-order valence-electron chi connectivity index (χ3n) is 3.77. The van der Waals surface area contributed by atoms with Gasteiger partial charge in [0.15, 0.2) is 6.23 Å². The third-order valence-corrected chi connectivity index (χ3v) is 7.57. The van der Waals surface area contributed by atoms with E-state index in [0.717, 1.165) is 10.8 Å². The molecule has 182 valence electrons. The molecule has 0 amide bonds. The largest absolute Gasteiger partial charge is 0.490 e.